The van der Waals surface area contributed by atoms with Crippen LogP contribution in [0.1, 0.15) is 31.4 Å². The van der Waals surface area contributed by atoms with Gasteiger partial charge in [-0.25, -0.2) is 9.18 Å². The lowest BCUT2D eigenvalue weighted by atomic mass is 10.0. The highest BCUT2D eigenvalue weighted by Crippen LogP contribution is 2.25. The van der Waals surface area contributed by atoms with Crippen LogP contribution in [0.15, 0.2) is 48.7 Å². The number of esters is 1. The average molecular weight is 388 g/mol. The Balaban J connectivity index is 2.19. The second kappa shape index (κ2) is 10.3. The number of hydrogen-bond donors (Lipinski definition) is 0. The van der Waals surface area contributed by atoms with E-state index in [0.717, 1.165) is 12.2 Å². The van der Waals surface area contributed by atoms with E-state index in [4.69, 9.17) is 18.9 Å². The first kappa shape index (κ1) is 21.3. The molecule has 1 unspecified atom stereocenters. The first-order valence-corrected chi connectivity index (χ1v) is 8.98. The molecule has 2 aromatic rings. The molecule has 1 atom stereocenters. The number of rotatable bonds is 9. The van der Waals surface area contributed by atoms with Crippen LogP contribution in [0, 0.1) is 5.82 Å². The molecule has 2 rings (SSSR count). The van der Waals surface area contributed by atoms with Gasteiger partial charge >= 0.3 is 5.97 Å². The van der Waals surface area contributed by atoms with Gasteiger partial charge in [-0.05, 0) is 55.3 Å². The van der Waals surface area contributed by atoms with E-state index in [-0.39, 0.29) is 18.3 Å². The van der Waals surface area contributed by atoms with Crippen molar-refractivity contribution in [3.05, 3.63) is 65.7 Å². The molecule has 0 aliphatic carbocycles. The minimum absolute atomic E-state index is 0.0662. The average Bonchev–Trinajstić information content (AvgIpc) is 2.71. The SMILES string of the molecule is CCC(C)Oc1ccc(OCc2cc(F)ccc2/C(=C\OC)C(=O)OC)cc1. The van der Waals surface area contributed by atoms with Crippen molar-refractivity contribution < 1.29 is 28.1 Å². The summed E-state index contributed by atoms with van der Waals surface area (Å²) < 4.78 is 35.0. The fourth-order valence-corrected chi connectivity index (χ4v) is 2.48. The molecular formula is C22H25FO5. The van der Waals surface area contributed by atoms with E-state index < -0.39 is 11.8 Å². The van der Waals surface area contributed by atoms with Crippen LogP contribution in [0.3, 0.4) is 0 Å². The Bertz CT molecular complexity index is 814. The van der Waals surface area contributed by atoms with Crippen molar-refractivity contribution >= 4 is 11.5 Å². The van der Waals surface area contributed by atoms with Crippen LogP contribution < -0.4 is 9.47 Å². The fraction of sp³-hybridized carbons (Fsp3) is 0.318. The van der Waals surface area contributed by atoms with Gasteiger partial charge in [0, 0.05) is 5.56 Å². The van der Waals surface area contributed by atoms with E-state index in [1.807, 2.05) is 19.1 Å². The summed E-state index contributed by atoms with van der Waals surface area (Å²) >= 11 is 0. The maximum Gasteiger partial charge on any atom is 0.341 e. The lowest BCUT2D eigenvalue weighted by Gasteiger charge is -2.14. The summed E-state index contributed by atoms with van der Waals surface area (Å²) in [5.41, 5.74) is 1.15. The van der Waals surface area contributed by atoms with E-state index in [0.29, 0.717) is 16.9 Å². The summed E-state index contributed by atoms with van der Waals surface area (Å²) in [5, 5.41) is 0. The Morgan fingerprint density at radius 1 is 1.11 bits per heavy atom. The summed E-state index contributed by atoms with van der Waals surface area (Å²) in [6, 6.07) is 11.3. The zero-order valence-corrected chi connectivity index (χ0v) is 16.5. The number of halogens is 1. The molecule has 5 nitrogen and oxygen atoms in total. The Kier molecular flexibility index (Phi) is 7.87. The maximum atomic E-state index is 13.8. The molecule has 0 N–H and O–H groups in total. The highest BCUT2D eigenvalue weighted by molar-refractivity contribution is 6.16. The van der Waals surface area contributed by atoms with Crippen LogP contribution >= 0.6 is 0 Å². The summed E-state index contributed by atoms with van der Waals surface area (Å²) in [7, 11) is 2.69. The van der Waals surface area contributed by atoms with Crippen LogP contribution in [-0.2, 0) is 20.9 Å². The lowest BCUT2D eigenvalue weighted by molar-refractivity contribution is -0.133. The van der Waals surface area contributed by atoms with E-state index in [1.54, 1.807) is 12.1 Å². The van der Waals surface area contributed by atoms with Gasteiger partial charge in [0.1, 0.15) is 29.5 Å². The maximum absolute atomic E-state index is 13.8. The standard InChI is InChI=1S/C22H25FO5/c1-5-15(2)28-19-9-7-18(8-10-19)27-13-16-12-17(23)6-11-20(16)21(14-25-3)22(24)26-4/h6-12,14-15H,5,13H2,1-4H3/b21-14+. The molecule has 2 aromatic carbocycles. The molecule has 0 heterocycles. The van der Waals surface area contributed by atoms with Gasteiger partial charge in [0.15, 0.2) is 0 Å². The lowest BCUT2D eigenvalue weighted by Crippen LogP contribution is -2.09. The van der Waals surface area contributed by atoms with Crippen molar-refractivity contribution in [3.8, 4) is 11.5 Å². The van der Waals surface area contributed by atoms with Crippen LogP contribution in [0.5, 0.6) is 11.5 Å². The number of benzene rings is 2. The monoisotopic (exact) mass is 388 g/mol. The third-order valence-corrected chi connectivity index (χ3v) is 4.13. The van der Waals surface area contributed by atoms with Crippen LogP contribution in [-0.4, -0.2) is 26.3 Å². The molecule has 28 heavy (non-hydrogen) atoms. The van der Waals surface area contributed by atoms with Gasteiger partial charge in [-0.3, -0.25) is 0 Å². The molecule has 150 valence electrons. The van der Waals surface area contributed by atoms with Crippen LogP contribution in [0.25, 0.3) is 5.57 Å². The molecule has 6 heteroatoms. The van der Waals surface area contributed by atoms with Crippen LogP contribution in [0.4, 0.5) is 4.39 Å². The minimum atomic E-state index is -0.582. The Morgan fingerprint density at radius 3 is 2.39 bits per heavy atom. The number of hydrogen-bond acceptors (Lipinski definition) is 5. The number of carbonyl (C=O) groups excluding carboxylic acids is 1. The molecular weight excluding hydrogens is 363 g/mol. The highest BCUT2D eigenvalue weighted by Gasteiger charge is 2.18. The van der Waals surface area contributed by atoms with E-state index in [1.165, 1.54) is 38.7 Å². The Morgan fingerprint density at radius 2 is 1.79 bits per heavy atom. The molecule has 0 saturated heterocycles. The van der Waals surface area contributed by atoms with Gasteiger partial charge in [0.2, 0.25) is 0 Å². The van der Waals surface area contributed by atoms with Crippen molar-refractivity contribution in [1.29, 1.82) is 0 Å². The van der Waals surface area contributed by atoms with Crippen molar-refractivity contribution in [2.45, 2.75) is 33.0 Å². The van der Waals surface area contributed by atoms with Crippen molar-refractivity contribution in [3.63, 3.8) is 0 Å². The predicted octanol–water partition coefficient (Wildman–Crippen LogP) is 4.74. The number of methoxy groups -OCH3 is 2. The largest absolute Gasteiger partial charge is 0.503 e. The number of ether oxygens (including phenoxy) is 4. The second-order valence-corrected chi connectivity index (χ2v) is 6.16. The first-order valence-electron chi connectivity index (χ1n) is 8.98. The quantitative estimate of drug-likeness (QED) is 0.353. The van der Waals surface area contributed by atoms with Gasteiger partial charge in [-0.2, -0.15) is 0 Å². The third kappa shape index (κ3) is 5.74. The van der Waals surface area contributed by atoms with E-state index in [2.05, 4.69) is 6.92 Å². The van der Waals surface area contributed by atoms with Crippen molar-refractivity contribution in [2.75, 3.05) is 14.2 Å². The minimum Gasteiger partial charge on any atom is -0.503 e. The fourth-order valence-electron chi connectivity index (χ4n) is 2.48. The second-order valence-electron chi connectivity index (χ2n) is 6.16. The first-order chi connectivity index (χ1) is 13.5. The summed E-state index contributed by atoms with van der Waals surface area (Å²) in [6.07, 6.45) is 2.31. The molecule has 0 aromatic heterocycles. The molecule has 0 spiro atoms. The van der Waals surface area contributed by atoms with E-state index >= 15 is 0 Å². The highest BCUT2D eigenvalue weighted by atomic mass is 19.1. The summed E-state index contributed by atoms with van der Waals surface area (Å²) in [5.74, 6) is 0.341. The summed E-state index contributed by atoms with van der Waals surface area (Å²) in [4.78, 5) is 12.0. The topological polar surface area (TPSA) is 54.0 Å². The van der Waals surface area contributed by atoms with Gasteiger partial charge in [-0.1, -0.05) is 13.0 Å². The molecule has 0 amide bonds. The number of carbonyl (C=O) groups is 1. The van der Waals surface area contributed by atoms with Gasteiger partial charge < -0.3 is 18.9 Å². The molecule has 0 aliphatic heterocycles. The van der Waals surface area contributed by atoms with Crippen molar-refractivity contribution in [1.82, 2.24) is 0 Å². The zero-order valence-electron chi connectivity index (χ0n) is 16.5. The Hall–Kier alpha value is -3.02. The van der Waals surface area contributed by atoms with E-state index in [9.17, 15) is 9.18 Å². The smallest absolute Gasteiger partial charge is 0.341 e. The molecule has 0 aliphatic rings. The van der Waals surface area contributed by atoms with Gasteiger partial charge in [0.05, 0.1) is 26.6 Å². The summed E-state index contributed by atoms with van der Waals surface area (Å²) in [6.45, 7) is 4.12. The zero-order chi connectivity index (χ0) is 20.5. The van der Waals surface area contributed by atoms with Gasteiger partial charge in [-0.15, -0.1) is 0 Å². The van der Waals surface area contributed by atoms with Crippen molar-refractivity contribution in [2.24, 2.45) is 0 Å². The predicted molar refractivity (Wildman–Crippen MR) is 105 cm³/mol. The molecule has 0 saturated carbocycles. The van der Waals surface area contributed by atoms with Crippen LogP contribution in [0.2, 0.25) is 0 Å². The van der Waals surface area contributed by atoms with Gasteiger partial charge in [0.25, 0.3) is 0 Å². The Labute approximate surface area is 164 Å². The third-order valence-electron chi connectivity index (χ3n) is 4.13. The normalized spacial score (nSPS) is 12.2. The molecule has 0 bridgehead atoms. The molecule has 0 radical (unpaired) electrons. The molecule has 0 fully saturated rings.